The first-order valence-corrected chi connectivity index (χ1v) is 9.64. The SMILES string of the molecule is O=C(Cn1ccc(=O)[nH]c1=O)N1CCC[C@@H](c2ncc(Cc3ccccc3)o2)C1. The largest absolute Gasteiger partial charge is 0.445 e. The van der Waals surface area contributed by atoms with Gasteiger partial charge in [0.1, 0.15) is 12.3 Å². The van der Waals surface area contributed by atoms with Crippen molar-refractivity contribution in [1.29, 1.82) is 0 Å². The second-order valence-electron chi connectivity index (χ2n) is 7.24. The summed E-state index contributed by atoms with van der Waals surface area (Å²) >= 11 is 0. The smallest absolute Gasteiger partial charge is 0.328 e. The van der Waals surface area contributed by atoms with Gasteiger partial charge < -0.3 is 9.32 Å². The van der Waals surface area contributed by atoms with E-state index in [9.17, 15) is 14.4 Å². The molecule has 0 spiro atoms. The van der Waals surface area contributed by atoms with Crippen molar-refractivity contribution in [1.82, 2.24) is 19.4 Å². The molecule has 3 heterocycles. The maximum atomic E-state index is 12.7. The first kappa shape index (κ1) is 18.9. The molecule has 1 aromatic carbocycles. The summed E-state index contributed by atoms with van der Waals surface area (Å²) in [7, 11) is 0. The van der Waals surface area contributed by atoms with E-state index in [1.807, 2.05) is 30.3 Å². The number of rotatable bonds is 5. The van der Waals surface area contributed by atoms with Gasteiger partial charge in [-0.05, 0) is 18.4 Å². The minimum atomic E-state index is -0.585. The number of aromatic amines is 1. The molecule has 0 unspecified atom stereocenters. The lowest BCUT2D eigenvalue weighted by atomic mass is 9.98. The van der Waals surface area contributed by atoms with E-state index < -0.39 is 11.2 Å². The summed E-state index contributed by atoms with van der Waals surface area (Å²) in [5.41, 5.74) is 0.0894. The molecule has 1 amide bonds. The summed E-state index contributed by atoms with van der Waals surface area (Å²) < 4.78 is 7.17. The number of H-pyrrole nitrogens is 1. The van der Waals surface area contributed by atoms with Crippen LogP contribution in [0.25, 0.3) is 0 Å². The van der Waals surface area contributed by atoms with Crippen molar-refractivity contribution in [2.75, 3.05) is 13.1 Å². The fourth-order valence-electron chi connectivity index (χ4n) is 3.61. The number of hydrogen-bond donors (Lipinski definition) is 1. The van der Waals surface area contributed by atoms with E-state index >= 15 is 0 Å². The minimum absolute atomic E-state index is 0.0320. The van der Waals surface area contributed by atoms with Gasteiger partial charge in [0.25, 0.3) is 5.56 Å². The Balaban J connectivity index is 1.41. The Labute approximate surface area is 166 Å². The Morgan fingerprint density at radius 3 is 2.83 bits per heavy atom. The molecule has 1 aliphatic heterocycles. The number of oxazole rings is 1. The van der Waals surface area contributed by atoms with Crippen LogP contribution in [0, 0.1) is 0 Å². The highest BCUT2D eigenvalue weighted by molar-refractivity contribution is 5.76. The Bertz CT molecular complexity index is 1100. The van der Waals surface area contributed by atoms with Gasteiger partial charge >= 0.3 is 5.69 Å². The van der Waals surface area contributed by atoms with Crippen molar-refractivity contribution >= 4 is 5.91 Å². The number of benzene rings is 1. The molecule has 0 bridgehead atoms. The predicted octanol–water partition coefficient (Wildman–Crippen LogP) is 1.52. The maximum Gasteiger partial charge on any atom is 0.328 e. The van der Waals surface area contributed by atoms with E-state index in [-0.39, 0.29) is 18.4 Å². The standard InChI is InChI=1S/C21H22N4O4/c26-18-8-10-25(21(28)23-18)14-19(27)24-9-4-7-16(13-24)20-22-12-17(29-20)11-15-5-2-1-3-6-15/h1-3,5-6,8,10,12,16H,4,7,9,11,13-14H2,(H,23,26,28)/t16-/m1/s1. The van der Waals surface area contributed by atoms with Crippen LogP contribution in [-0.2, 0) is 17.8 Å². The Morgan fingerprint density at radius 1 is 1.21 bits per heavy atom. The molecule has 1 saturated heterocycles. The minimum Gasteiger partial charge on any atom is -0.445 e. The second kappa shape index (κ2) is 8.30. The van der Waals surface area contributed by atoms with Crippen LogP contribution in [0.4, 0.5) is 0 Å². The Kier molecular flexibility index (Phi) is 5.41. The molecule has 1 atom stereocenters. The molecule has 8 heteroatoms. The molecule has 0 aliphatic carbocycles. The van der Waals surface area contributed by atoms with Gasteiger partial charge in [0.15, 0.2) is 5.89 Å². The van der Waals surface area contributed by atoms with Gasteiger partial charge in [0, 0.05) is 31.8 Å². The van der Waals surface area contributed by atoms with Gasteiger partial charge in [0.2, 0.25) is 5.91 Å². The number of nitrogens with one attached hydrogen (secondary N) is 1. The van der Waals surface area contributed by atoms with Crippen LogP contribution in [0.1, 0.15) is 36.0 Å². The summed E-state index contributed by atoms with van der Waals surface area (Å²) in [6, 6.07) is 11.3. The molecule has 2 aromatic heterocycles. The van der Waals surface area contributed by atoms with Crippen molar-refractivity contribution in [2.45, 2.75) is 31.7 Å². The summed E-state index contributed by atoms with van der Waals surface area (Å²) in [4.78, 5) is 44.0. The van der Waals surface area contributed by atoms with Crippen molar-refractivity contribution in [3.63, 3.8) is 0 Å². The highest BCUT2D eigenvalue weighted by atomic mass is 16.4. The number of amides is 1. The predicted molar refractivity (Wildman–Crippen MR) is 106 cm³/mol. The highest BCUT2D eigenvalue weighted by Crippen LogP contribution is 2.27. The molecule has 1 fully saturated rings. The second-order valence-corrected chi connectivity index (χ2v) is 7.24. The first-order chi connectivity index (χ1) is 14.1. The summed E-state index contributed by atoms with van der Waals surface area (Å²) in [6.45, 7) is 1.03. The lowest BCUT2D eigenvalue weighted by molar-refractivity contribution is -0.133. The van der Waals surface area contributed by atoms with E-state index in [2.05, 4.69) is 9.97 Å². The van der Waals surface area contributed by atoms with Gasteiger partial charge in [0.05, 0.1) is 12.1 Å². The number of likely N-dealkylation sites (tertiary alicyclic amines) is 1. The van der Waals surface area contributed by atoms with Crippen LogP contribution in [0.15, 0.2) is 62.8 Å². The third kappa shape index (κ3) is 4.53. The van der Waals surface area contributed by atoms with Crippen LogP contribution in [-0.4, -0.2) is 38.4 Å². The molecule has 29 heavy (non-hydrogen) atoms. The van der Waals surface area contributed by atoms with E-state index in [1.165, 1.54) is 16.8 Å². The van der Waals surface area contributed by atoms with E-state index in [4.69, 9.17) is 4.42 Å². The van der Waals surface area contributed by atoms with Gasteiger partial charge in [-0.15, -0.1) is 0 Å². The molecule has 4 rings (SSSR count). The summed E-state index contributed by atoms with van der Waals surface area (Å²) in [6.07, 6.45) is 5.51. The first-order valence-electron chi connectivity index (χ1n) is 9.64. The number of carbonyl (C=O) groups excluding carboxylic acids is 1. The summed E-state index contributed by atoms with van der Waals surface area (Å²) in [5.74, 6) is 1.31. The van der Waals surface area contributed by atoms with Crippen LogP contribution in [0.5, 0.6) is 0 Å². The molecule has 3 aromatic rings. The molecular formula is C21H22N4O4. The van der Waals surface area contributed by atoms with Crippen LogP contribution in [0.3, 0.4) is 0 Å². The molecule has 0 radical (unpaired) electrons. The Hall–Kier alpha value is -3.42. The van der Waals surface area contributed by atoms with Crippen molar-refractivity contribution in [2.24, 2.45) is 0 Å². The average molecular weight is 394 g/mol. The maximum absolute atomic E-state index is 12.7. The third-order valence-corrected chi connectivity index (χ3v) is 5.12. The topological polar surface area (TPSA) is 101 Å². The lowest BCUT2D eigenvalue weighted by Crippen LogP contribution is -2.42. The molecule has 150 valence electrons. The zero-order valence-electron chi connectivity index (χ0n) is 15.9. The lowest BCUT2D eigenvalue weighted by Gasteiger charge is -2.31. The van der Waals surface area contributed by atoms with E-state index in [0.29, 0.717) is 25.4 Å². The normalized spacial score (nSPS) is 16.7. The van der Waals surface area contributed by atoms with E-state index in [1.54, 1.807) is 11.1 Å². The fraction of sp³-hybridized carbons (Fsp3) is 0.333. The monoisotopic (exact) mass is 394 g/mol. The molecule has 1 N–H and O–H groups in total. The number of nitrogens with zero attached hydrogens (tertiary/aromatic N) is 3. The number of aromatic nitrogens is 3. The number of hydrogen-bond acceptors (Lipinski definition) is 5. The fourth-order valence-corrected chi connectivity index (χ4v) is 3.61. The van der Waals surface area contributed by atoms with Gasteiger partial charge in [-0.1, -0.05) is 30.3 Å². The van der Waals surface area contributed by atoms with Crippen LogP contribution in [0.2, 0.25) is 0 Å². The third-order valence-electron chi connectivity index (χ3n) is 5.12. The zero-order chi connectivity index (χ0) is 20.2. The van der Waals surface area contributed by atoms with E-state index in [0.717, 1.165) is 24.2 Å². The number of piperidine rings is 1. The molecule has 0 saturated carbocycles. The van der Waals surface area contributed by atoms with Crippen LogP contribution >= 0.6 is 0 Å². The van der Waals surface area contributed by atoms with Gasteiger partial charge in [-0.3, -0.25) is 19.1 Å². The van der Waals surface area contributed by atoms with Crippen LogP contribution < -0.4 is 11.2 Å². The van der Waals surface area contributed by atoms with Crippen molar-refractivity contribution in [3.05, 3.63) is 86.8 Å². The van der Waals surface area contributed by atoms with Crippen molar-refractivity contribution < 1.29 is 9.21 Å². The molecule has 1 aliphatic rings. The van der Waals surface area contributed by atoms with Crippen molar-refractivity contribution in [3.8, 4) is 0 Å². The average Bonchev–Trinajstić information content (AvgIpc) is 3.19. The van der Waals surface area contributed by atoms with Gasteiger partial charge in [-0.25, -0.2) is 9.78 Å². The zero-order valence-corrected chi connectivity index (χ0v) is 15.9. The van der Waals surface area contributed by atoms with Gasteiger partial charge in [-0.2, -0.15) is 0 Å². The molecular weight excluding hydrogens is 372 g/mol. The highest BCUT2D eigenvalue weighted by Gasteiger charge is 2.28. The summed E-state index contributed by atoms with van der Waals surface area (Å²) in [5, 5.41) is 0. The Morgan fingerprint density at radius 2 is 2.03 bits per heavy atom. The number of carbonyl (C=O) groups is 1. The molecule has 8 nitrogen and oxygen atoms in total. The quantitative estimate of drug-likeness (QED) is 0.707.